The van der Waals surface area contributed by atoms with E-state index in [1.165, 1.54) is 6.42 Å². The molecule has 0 saturated carbocycles. The normalized spacial score (nSPS) is 14.4. The van der Waals surface area contributed by atoms with Crippen LogP contribution in [0.2, 0.25) is 10.4 Å². The molecule has 0 spiro atoms. The third-order valence-electron chi connectivity index (χ3n) is 4.04. The van der Waals surface area contributed by atoms with Gasteiger partial charge in [-0.2, -0.15) is 0 Å². The van der Waals surface area contributed by atoms with Crippen LogP contribution in [0.1, 0.15) is 52.4 Å². The first kappa shape index (κ1) is 24.7. The molecule has 0 aliphatic rings. The standard InChI is InChI=1S/C22H38B4/c1-3-5-7-8-9-10-11-12-13-14-16-18-22(25,26)20-19-21(23,24)17-15-6-4-2/h5,7,9-10,12-13,15-20H,3-4,6,8,11,14,23-26H2,1-2H3/b7-5-,10-9-,13-12-,17-15-,18-16-,20-19-. The third-order valence-corrected chi connectivity index (χ3v) is 4.04. The molecular weight excluding hydrogens is 307 g/mol. The second-order valence-corrected chi connectivity index (χ2v) is 8.10. The molecule has 0 aliphatic carbocycles. The molecule has 0 aromatic carbocycles. The average molecular weight is 346 g/mol. The van der Waals surface area contributed by atoms with Gasteiger partial charge >= 0.3 is 0 Å². The quantitative estimate of drug-likeness (QED) is 0.354. The third kappa shape index (κ3) is 16.2. The zero-order chi connectivity index (χ0) is 19.7. The van der Waals surface area contributed by atoms with Crippen molar-refractivity contribution in [2.24, 2.45) is 0 Å². The van der Waals surface area contributed by atoms with Crippen LogP contribution in [-0.2, 0) is 0 Å². The minimum atomic E-state index is 0.0925. The van der Waals surface area contributed by atoms with Crippen LogP contribution >= 0.6 is 0 Å². The Morgan fingerprint density at radius 2 is 0.962 bits per heavy atom. The van der Waals surface area contributed by atoms with E-state index in [4.69, 9.17) is 0 Å². The average Bonchev–Trinajstić information content (AvgIpc) is 2.58. The van der Waals surface area contributed by atoms with E-state index in [1.807, 2.05) is 0 Å². The van der Waals surface area contributed by atoms with Gasteiger partial charge in [0, 0.05) is 0 Å². The van der Waals surface area contributed by atoms with Crippen LogP contribution in [0.4, 0.5) is 0 Å². The van der Waals surface area contributed by atoms with Gasteiger partial charge in [-0.1, -0.05) is 104 Å². The van der Waals surface area contributed by atoms with Crippen molar-refractivity contribution < 1.29 is 0 Å². The van der Waals surface area contributed by atoms with Crippen LogP contribution in [-0.4, -0.2) is 31.4 Å². The molecule has 0 nitrogen and oxygen atoms in total. The molecule has 0 aromatic heterocycles. The van der Waals surface area contributed by atoms with Gasteiger partial charge in [0.05, 0.1) is 0 Å². The molecular formula is C22H38B4. The first-order valence-electron chi connectivity index (χ1n) is 10.3. The van der Waals surface area contributed by atoms with E-state index in [9.17, 15) is 0 Å². The molecule has 0 aromatic rings. The molecule has 0 atom stereocenters. The van der Waals surface area contributed by atoms with Crippen molar-refractivity contribution >= 4 is 31.4 Å². The van der Waals surface area contributed by atoms with E-state index < -0.39 is 0 Å². The molecule has 0 N–H and O–H groups in total. The van der Waals surface area contributed by atoms with E-state index in [1.54, 1.807) is 0 Å². The lowest BCUT2D eigenvalue weighted by molar-refractivity contribution is 0.951. The summed E-state index contributed by atoms with van der Waals surface area (Å²) in [6.45, 7) is 4.38. The van der Waals surface area contributed by atoms with Crippen molar-refractivity contribution in [2.75, 3.05) is 0 Å². The zero-order valence-electron chi connectivity index (χ0n) is 18.2. The molecule has 0 radical (unpaired) electrons. The summed E-state index contributed by atoms with van der Waals surface area (Å²) >= 11 is 0. The fourth-order valence-electron chi connectivity index (χ4n) is 2.35. The fourth-order valence-corrected chi connectivity index (χ4v) is 2.35. The summed E-state index contributed by atoms with van der Waals surface area (Å²) in [5.74, 6) is 0. The molecule has 0 amide bonds. The predicted molar refractivity (Wildman–Crippen MR) is 133 cm³/mol. The number of hydrogen-bond donors (Lipinski definition) is 0. The van der Waals surface area contributed by atoms with E-state index in [-0.39, 0.29) is 10.4 Å². The summed E-state index contributed by atoms with van der Waals surface area (Å²) in [6.07, 6.45) is 33.8. The van der Waals surface area contributed by atoms with E-state index in [2.05, 4.69) is 118 Å². The maximum Gasteiger partial charge on any atom is 0.108 e. The van der Waals surface area contributed by atoms with Gasteiger partial charge in [0.2, 0.25) is 0 Å². The minimum absolute atomic E-state index is 0.0925. The van der Waals surface area contributed by atoms with Crippen molar-refractivity contribution in [1.82, 2.24) is 0 Å². The Morgan fingerprint density at radius 1 is 0.538 bits per heavy atom. The molecule has 4 heteroatoms. The Labute approximate surface area is 167 Å². The lowest BCUT2D eigenvalue weighted by Crippen LogP contribution is -2.10. The molecule has 0 fully saturated rings. The Bertz CT molecular complexity index is 520. The van der Waals surface area contributed by atoms with Crippen LogP contribution in [0.25, 0.3) is 0 Å². The molecule has 0 rings (SSSR count). The summed E-state index contributed by atoms with van der Waals surface area (Å²) < 4.78 is 0. The van der Waals surface area contributed by atoms with Crippen LogP contribution < -0.4 is 0 Å². The highest BCUT2D eigenvalue weighted by molar-refractivity contribution is 6.44. The number of rotatable bonds is 13. The predicted octanol–water partition coefficient (Wildman–Crippen LogP) is 3.47. The molecule has 0 unspecified atom stereocenters. The molecule has 0 saturated heterocycles. The Kier molecular flexibility index (Phi) is 14.1. The van der Waals surface area contributed by atoms with E-state index >= 15 is 0 Å². The maximum absolute atomic E-state index is 2.33. The summed E-state index contributed by atoms with van der Waals surface area (Å²) in [4.78, 5) is 0. The van der Waals surface area contributed by atoms with Crippen molar-refractivity contribution in [2.45, 2.75) is 62.8 Å². The smallest absolute Gasteiger partial charge is 0.0950 e. The highest BCUT2D eigenvalue weighted by atomic mass is 14.0. The SMILES string of the molecule is BC(B)(/C=C\C/C=C\C/C=C\C/C=C\CC)/C=C\C(B)(B)/C=C\CCC. The topological polar surface area (TPSA) is 0 Å². The first-order chi connectivity index (χ1) is 12.3. The van der Waals surface area contributed by atoms with Gasteiger partial charge in [0.25, 0.3) is 0 Å². The number of unbranched alkanes of at least 4 members (excludes halogenated alkanes) is 1. The Hall–Kier alpha value is -1.30. The summed E-state index contributed by atoms with van der Waals surface area (Å²) in [6, 6.07) is 0. The highest BCUT2D eigenvalue weighted by Gasteiger charge is 2.13. The summed E-state index contributed by atoms with van der Waals surface area (Å²) in [7, 11) is 9.07. The Morgan fingerprint density at radius 3 is 1.42 bits per heavy atom. The van der Waals surface area contributed by atoms with Crippen LogP contribution in [0.3, 0.4) is 0 Å². The van der Waals surface area contributed by atoms with Gasteiger partial charge in [-0.25, -0.2) is 0 Å². The van der Waals surface area contributed by atoms with Gasteiger partial charge in [-0.3, -0.25) is 0 Å². The van der Waals surface area contributed by atoms with Crippen LogP contribution in [0.5, 0.6) is 0 Å². The number of hydrogen-bond acceptors (Lipinski definition) is 0. The molecule has 0 aliphatic heterocycles. The fraction of sp³-hybridized carbons (Fsp3) is 0.455. The lowest BCUT2D eigenvalue weighted by atomic mass is 9.50. The Balaban J connectivity index is 4.26. The molecule has 0 bridgehead atoms. The largest absolute Gasteiger partial charge is 0.108 e. The van der Waals surface area contributed by atoms with Crippen LogP contribution in [0, 0.1) is 0 Å². The summed E-state index contributed by atoms with van der Waals surface area (Å²) in [5, 5.41) is 0.216. The highest BCUT2D eigenvalue weighted by Crippen LogP contribution is 2.27. The van der Waals surface area contributed by atoms with Gasteiger partial charge in [-0.15, -0.1) is 0 Å². The second kappa shape index (κ2) is 14.8. The van der Waals surface area contributed by atoms with Crippen molar-refractivity contribution in [3.8, 4) is 0 Å². The first-order valence-corrected chi connectivity index (χ1v) is 10.3. The zero-order valence-corrected chi connectivity index (χ0v) is 18.2. The van der Waals surface area contributed by atoms with Gasteiger partial charge in [0.1, 0.15) is 31.4 Å². The van der Waals surface area contributed by atoms with Crippen molar-refractivity contribution in [1.29, 1.82) is 0 Å². The number of allylic oxidation sites excluding steroid dienone is 12. The van der Waals surface area contributed by atoms with Crippen molar-refractivity contribution in [3.63, 3.8) is 0 Å². The molecule has 0 heterocycles. The van der Waals surface area contributed by atoms with Gasteiger partial charge in [0.15, 0.2) is 0 Å². The van der Waals surface area contributed by atoms with E-state index in [0.29, 0.717) is 0 Å². The lowest BCUT2D eigenvalue weighted by Gasteiger charge is -2.20. The maximum atomic E-state index is 2.33. The minimum Gasteiger partial charge on any atom is -0.0950 e. The summed E-state index contributed by atoms with van der Waals surface area (Å²) in [5.41, 5.74) is 0. The monoisotopic (exact) mass is 346 g/mol. The molecule has 138 valence electrons. The van der Waals surface area contributed by atoms with Crippen molar-refractivity contribution in [3.05, 3.63) is 72.9 Å². The van der Waals surface area contributed by atoms with E-state index in [0.717, 1.165) is 32.1 Å². The van der Waals surface area contributed by atoms with Gasteiger partial charge < -0.3 is 0 Å². The second-order valence-electron chi connectivity index (χ2n) is 8.10. The molecule has 26 heavy (non-hydrogen) atoms. The van der Waals surface area contributed by atoms with Crippen LogP contribution in [0.15, 0.2) is 72.9 Å². The van der Waals surface area contributed by atoms with Gasteiger partial charge in [-0.05, 0) is 32.1 Å².